The average molecular weight is 405 g/mol. The number of carbonyl (C=O) groups excluding carboxylic acids is 1. The number of para-hydroxylation sites is 2. The van der Waals surface area contributed by atoms with Crippen LogP contribution < -0.4 is 14.8 Å². The van der Waals surface area contributed by atoms with Crippen molar-refractivity contribution in [2.45, 2.75) is 0 Å². The first-order valence-corrected chi connectivity index (χ1v) is 8.75. The number of anilines is 1. The van der Waals surface area contributed by atoms with Gasteiger partial charge < -0.3 is 14.8 Å². The number of nitrogens with zero attached hydrogens (tertiary/aromatic N) is 4. The third-order valence-electron chi connectivity index (χ3n) is 4.13. The Labute approximate surface area is 169 Å². The van der Waals surface area contributed by atoms with Crippen LogP contribution in [0.4, 0.5) is 11.4 Å². The van der Waals surface area contributed by atoms with Gasteiger partial charge in [0, 0.05) is 30.6 Å². The number of benzene rings is 2. The molecule has 0 saturated carbocycles. The molecule has 1 N–H and O–H groups in total. The number of nitro groups is 1. The molecule has 0 aliphatic heterocycles. The van der Waals surface area contributed by atoms with Crippen molar-refractivity contribution in [3.05, 3.63) is 82.8 Å². The largest absolute Gasteiger partial charge is 0.493 e. The zero-order valence-corrected chi connectivity index (χ0v) is 15.7. The molecule has 0 unspecified atom stereocenters. The van der Waals surface area contributed by atoms with Gasteiger partial charge in [-0.15, -0.1) is 0 Å². The molecule has 0 aliphatic carbocycles. The van der Waals surface area contributed by atoms with Gasteiger partial charge in [-0.05, 0) is 18.2 Å². The summed E-state index contributed by atoms with van der Waals surface area (Å²) in [4.78, 5) is 27.5. The first-order valence-electron chi connectivity index (χ1n) is 8.75. The number of fused-ring (bicyclic) bond motifs is 1. The van der Waals surface area contributed by atoms with E-state index in [9.17, 15) is 14.9 Å². The molecule has 0 aliphatic rings. The lowest BCUT2D eigenvalue weighted by Gasteiger charge is -2.11. The van der Waals surface area contributed by atoms with Gasteiger partial charge in [0.2, 0.25) is 0 Å². The normalized spacial score (nSPS) is 10.6. The molecule has 30 heavy (non-hydrogen) atoms. The van der Waals surface area contributed by atoms with Crippen LogP contribution in [0, 0.1) is 10.1 Å². The van der Waals surface area contributed by atoms with E-state index in [0.717, 1.165) is 0 Å². The van der Waals surface area contributed by atoms with Crippen molar-refractivity contribution in [3.63, 3.8) is 0 Å². The molecule has 2 heterocycles. The molecule has 10 nitrogen and oxygen atoms in total. The van der Waals surface area contributed by atoms with E-state index in [1.165, 1.54) is 35.9 Å². The highest BCUT2D eigenvalue weighted by atomic mass is 16.6. The van der Waals surface area contributed by atoms with Gasteiger partial charge in [-0.25, -0.2) is 9.50 Å². The molecule has 150 valence electrons. The highest BCUT2D eigenvalue weighted by Crippen LogP contribution is 2.34. The number of nitrogens with one attached hydrogen (secondary N) is 1. The molecule has 0 saturated heterocycles. The Bertz CT molecular complexity index is 1220. The number of ether oxygens (including phenoxy) is 2. The van der Waals surface area contributed by atoms with Crippen molar-refractivity contribution in [1.82, 2.24) is 14.6 Å². The second kappa shape index (κ2) is 7.87. The summed E-state index contributed by atoms with van der Waals surface area (Å²) >= 11 is 0. The summed E-state index contributed by atoms with van der Waals surface area (Å²) in [6.45, 7) is 0. The smallest absolute Gasteiger partial charge is 0.276 e. The number of rotatable bonds is 6. The fourth-order valence-electron chi connectivity index (χ4n) is 2.79. The van der Waals surface area contributed by atoms with Crippen LogP contribution in [0.2, 0.25) is 0 Å². The number of carbonyl (C=O) groups is 1. The molecule has 0 fully saturated rings. The van der Waals surface area contributed by atoms with Crippen LogP contribution in [0.3, 0.4) is 0 Å². The lowest BCUT2D eigenvalue weighted by molar-refractivity contribution is -0.384. The Morgan fingerprint density at radius 3 is 2.67 bits per heavy atom. The summed E-state index contributed by atoms with van der Waals surface area (Å²) in [5.74, 6) is 0.473. The third kappa shape index (κ3) is 3.87. The predicted octanol–water partition coefficient (Wildman–Crippen LogP) is 3.69. The zero-order chi connectivity index (χ0) is 21.1. The molecular formula is C20H15N5O5. The van der Waals surface area contributed by atoms with Crippen molar-refractivity contribution in [3.8, 4) is 17.2 Å². The number of hydrogen-bond donors (Lipinski definition) is 1. The van der Waals surface area contributed by atoms with Gasteiger partial charge in [-0.1, -0.05) is 12.1 Å². The Morgan fingerprint density at radius 1 is 1.13 bits per heavy atom. The summed E-state index contributed by atoms with van der Waals surface area (Å²) in [6.07, 6.45) is 3.24. The number of aromatic nitrogens is 3. The van der Waals surface area contributed by atoms with E-state index in [1.807, 2.05) is 0 Å². The van der Waals surface area contributed by atoms with Crippen molar-refractivity contribution < 1.29 is 19.2 Å². The maximum absolute atomic E-state index is 12.6. The quantitative estimate of drug-likeness (QED) is 0.383. The summed E-state index contributed by atoms with van der Waals surface area (Å²) in [5, 5.41) is 18.1. The lowest BCUT2D eigenvalue weighted by atomic mass is 10.2. The fraction of sp³-hybridized carbons (Fsp3) is 0.0500. The summed E-state index contributed by atoms with van der Waals surface area (Å²) < 4.78 is 12.4. The minimum atomic E-state index is -0.570. The molecule has 4 aromatic rings. The maximum Gasteiger partial charge on any atom is 0.276 e. The van der Waals surface area contributed by atoms with Crippen LogP contribution in [0.1, 0.15) is 10.5 Å². The van der Waals surface area contributed by atoms with E-state index >= 15 is 0 Å². The monoisotopic (exact) mass is 405 g/mol. The van der Waals surface area contributed by atoms with Gasteiger partial charge in [0.1, 0.15) is 5.75 Å². The number of nitro benzene ring substituents is 1. The molecule has 2 aromatic heterocycles. The first-order chi connectivity index (χ1) is 14.5. The predicted molar refractivity (Wildman–Crippen MR) is 107 cm³/mol. The maximum atomic E-state index is 12.6. The van der Waals surface area contributed by atoms with E-state index in [-0.39, 0.29) is 22.8 Å². The Balaban J connectivity index is 1.63. The van der Waals surface area contributed by atoms with Gasteiger partial charge in [0.05, 0.1) is 23.8 Å². The van der Waals surface area contributed by atoms with Gasteiger partial charge in [-0.3, -0.25) is 14.9 Å². The van der Waals surface area contributed by atoms with Crippen LogP contribution in [-0.2, 0) is 0 Å². The van der Waals surface area contributed by atoms with Gasteiger partial charge in [-0.2, -0.15) is 5.10 Å². The van der Waals surface area contributed by atoms with Gasteiger partial charge in [0.15, 0.2) is 22.8 Å². The minimum Gasteiger partial charge on any atom is -0.493 e. The van der Waals surface area contributed by atoms with Crippen LogP contribution in [0.5, 0.6) is 17.2 Å². The highest BCUT2D eigenvalue weighted by Gasteiger charge is 2.17. The summed E-state index contributed by atoms with van der Waals surface area (Å²) in [6, 6.07) is 14.1. The van der Waals surface area contributed by atoms with Crippen molar-refractivity contribution in [2.75, 3.05) is 12.4 Å². The average Bonchev–Trinajstić information content (AvgIpc) is 3.18. The Kier molecular flexibility index (Phi) is 4.95. The standard InChI is InChI=1S/C20H15N5O5/c1-29-17-5-2-3-6-18(17)30-15-10-13(9-14(11-15)25(27)28)22-20(26)16-12-19-21-7-4-8-24(19)23-16/h2-12H,1H3,(H,22,26). The lowest BCUT2D eigenvalue weighted by Crippen LogP contribution is -2.13. The van der Waals surface area contributed by atoms with E-state index < -0.39 is 10.8 Å². The number of methoxy groups -OCH3 is 1. The van der Waals surface area contributed by atoms with Crippen LogP contribution >= 0.6 is 0 Å². The van der Waals surface area contributed by atoms with Crippen LogP contribution in [0.25, 0.3) is 5.65 Å². The number of amides is 1. The summed E-state index contributed by atoms with van der Waals surface area (Å²) in [7, 11) is 1.49. The molecule has 2 aromatic carbocycles. The Hall–Kier alpha value is -4.47. The molecule has 0 spiro atoms. The van der Waals surface area contributed by atoms with Crippen LogP contribution in [0.15, 0.2) is 67.0 Å². The van der Waals surface area contributed by atoms with E-state index in [1.54, 1.807) is 42.7 Å². The van der Waals surface area contributed by atoms with E-state index in [4.69, 9.17) is 9.47 Å². The topological polar surface area (TPSA) is 121 Å². The van der Waals surface area contributed by atoms with Gasteiger partial charge >= 0.3 is 0 Å². The molecular weight excluding hydrogens is 390 g/mol. The van der Waals surface area contributed by atoms with Crippen molar-refractivity contribution >= 4 is 22.9 Å². The molecule has 0 atom stereocenters. The van der Waals surface area contributed by atoms with Crippen LogP contribution in [-0.4, -0.2) is 32.5 Å². The Morgan fingerprint density at radius 2 is 1.93 bits per heavy atom. The number of non-ortho nitro benzene ring substituents is 1. The zero-order valence-electron chi connectivity index (χ0n) is 15.7. The first kappa shape index (κ1) is 18.9. The minimum absolute atomic E-state index is 0.118. The second-order valence-electron chi connectivity index (χ2n) is 6.13. The summed E-state index contributed by atoms with van der Waals surface area (Å²) in [5.41, 5.74) is 0.563. The second-order valence-corrected chi connectivity index (χ2v) is 6.13. The van der Waals surface area contributed by atoms with E-state index in [2.05, 4.69) is 15.4 Å². The van der Waals surface area contributed by atoms with Crippen molar-refractivity contribution in [1.29, 1.82) is 0 Å². The molecule has 4 rings (SSSR count). The molecule has 0 radical (unpaired) electrons. The third-order valence-corrected chi connectivity index (χ3v) is 4.13. The van der Waals surface area contributed by atoms with E-state index in [0.29, 0.717) is 17.1 Å². The fourth-order valence-corrected chi connectivity index (χ4v) is 2.79. The SMILES string of the molecule is COc1ccccc1Oc1cc(NC(=O)c2cc3ncccn3n2)cc([N+](=O)[O-])c1. The van der Waals surface area contributed by atoms with Gasteiger partial charge in [0.25, 0.3) is 11.6 Å². The number of hydrogen-bond acceptors (Lipinski definition) is 7. The molecule has 10 heteroatoms. The highest BCUT2D eigenvalue weighted by molar-refractivity contribution is 6.03. The molecule has 0 bridgehead atoms. The van der Waals surface area contributed by atoms with Crippen molar-refractivity contribution in [2.24, 2.45) is 0 Å². The molecule has 1 amide bonds.